The van der Waals surface area contributed by atoms with E-state index in [2.05, 4.69) is 0 Å². The maximum atomic E-state index is 11.9. The summed E-state index contributed by atoms with van der Waals surface area (Å²) in [5, 5.41) is 8.71. The molecule has 0 radical (unpaired) electrons. The molecule has 0 aromatic rings. The third-order valence-electron chi connectivity index (χ3n) is 1.72. The molecule has 0 heterocycles. The average Bonchev–Trinajstić information content (AvgIpc) is 2.01. The molecule has 0 saturated heterocycles. The molecule has 1 N–H and O–H groups in total. The van der Waals surface area contributed by atoms with Gasteiger partial charge < -0.3 is 9.84 Å². The molecule has 0 saturated carbocycles. The van der Waals surface area contributed by atoms with Crippen molar-refractivity contribution in [1.29, 1.82) is 0 Å². The molecule has 0 fully saturated rings. The van der Waals surface area contributed by atoms with Gasteiger partial charge in [0, 0.05) is 13.0 Å². The van der Waals surface area contributed by atoms with E-state index >= 15 is 0 Å². The van der Waals surface area contributed by atoms with Gasteiger partial charge in [-0.3, -0.25) is 0 Å². The first-order chi connectivity index (χ1) is 5.91. The van der Waals surface area contributed by atoms with Gasteiger partial charge in [0.15, 0.2) is 6.10 Å². The number of aliphatic hydroxyl groups is 1. The van der Waals surface area contributed by atoms with Gasteiger partial charge in [-0.25, -0.2) is 0 Å². The fourth-order valence-corrected chi connectivity index (χ4v) is 0.971. The normalized spacial score (nSPS) is 17.1. The molecule has 0 aliphatic heterocycles. The zero-order valence-electron chi connectivity index (χ0n) is 7.77. The van der Waals surface area contributed by atoms with Gasteiger partial charge in [0.1, 0.15) is 0 Å². The van der Waals surface area contributed by atoms with Crippen molar-refractivity contribution in [3.05, 3.63) is 0 Å². The van der Waals surface area contributed by atoms with E-state index in [4.69, 9.17) is 9.84 Å². The minimum absolute atomic E-state index is 0.364. The van der Waals surface area contributed by atoms with Gasteiger partial charge in [-0.1, -0.05) is 6.92 Å². The Morgan fingerprint density at radius 1 is 1.31 bits per heavy atom. The molecule has 1 unspecified atom stereocenters. The van der Waals surface area contributed by atoms with Crippen LogP contribution >= 0.6 is 0 Å². The van der Waals surface area contributed by atoms with E-state index in [0.29, 0.717) is 13.0 Å². The molecule has 0 amide bonds. The average molecular weight is 200 g/mol. The Labute approximate surface area is 75.7 Å². The Kier molecular flexibility index (Phi) is 5.32. The Morgan fingerprint density at radius 3 is 2.15 bits per heavy atom. The molecular weight excluding hydrogens is 185 g/mol. The van der Waals surface area contributed by atoms with Crippen LogP contribution in [0.2, 0.25) is 0 Å². The molecule has 0 bridgehead atoms. The maximum Gasteiger partial charge on any atom is 0.414 e. The Balaban J connectivity index is 3.93. The fraction of sp³-hybridized carbons (Fsp3) is 1.00. The minimum atomic E-state index is -4.54. The maximum absolute atomic E-state index is 11.9. The van der Waals surface area contributed by atoms with Crippen LogP contribution in [0.3, 0.4) is 0 Å². The lowest BCUT2D eigenvalue weighted by Gasteiger charge is -2.20. The summed E-state index contributed by atoms with van der Waals surface area (Å²) in [6.45, 7) is 3.80. The monoisotopic (exact) mass is 200 g/mol. The second kappa shape index (κ2) is 5.44. The smallest absolute Gasteiger partial charge is 0.384 e. The summed E-state index contributed by atoms with van der Waals surface area (Å²) in [4.78, 5) is 0. The van der Waals surface area contributed by atoms with Crippen LogP contribution in [0.5, 0.6) is 0 Å². The molecule has 0 aromatic heterocycles. The minimum Gasteiger partial charge on any atom is -0.384 e. The molecule has 80 valence electrons. The highest BCUT2D eigenvalue weighted by atomic mass is 19.4. The molecule has 0 spiro atoms. The predicted octanol–water partition coefficient (Wildman–Crippen LogP) is 2.11. The van der Waals surface area contributed by atoms with E-state index in [1.54, 1.807) is 13.8 Å². The standard InChI is InChI=1S/C8H15F3O2/c1-3-6(13-4-2)5-7(12)8(9,10)11/h6-7,12H,3-5H2,1-2H3/t6?,7-/m1/s1. The summed E-state index contributed by atoms with van der Waals surface area (Å²) in [5.74, 6) is 0. The number of alkyl halides is 3. The first kappa shape index (κ1) is 12.7. The molecular formula is C8H15F3O2. The highest BCUT2D eigenvalue weighted by Gasteiger charge is 2.39. The van der Waals surface area contributed by atoms with Gasteiger partial charge in [-0.15, -0.1) is 0 Å². The number of ether oxygens (including phenoxy) is 1. The lowest BCUT2D eigenvalue weighted by molar-refractivity contribution is -0.212. The molecule has 0 rings (SSSR count). The van der Waals surface area contributed by atoms with Gasteiger partial charge in [0.2, 0.25) is 0 Å². The van der Waals surface area contributed by atoms with Crippen molar-refractivity contribution in [2.75, 3.05) is 6.61 Å². The van der Waals surface area contributed by atoms with E-state index < -0.39 is 18.4 Å². The van der Waals surface area contributed by atoms with Crippen LogP contribution in [0.4, 0.5) is 13.2 Å². The van der Waals surface area contributed by atoms with Crippen LogP contribution in [-0.2, 0) is 4.74 Å². The van der Waals surface area contributed by atoms with Crippen LogP contribution in [-0.4, -0.2) is 30.1 Å². The van der Waals surface area contributed by atoms with Crippen LogP contribution in [0.1, 0.15) is 26.7 Å². The van der Waals surface area contributed by atoms with Gasteiger partial charge >= 0.3 is 6.18 Å². The van der Waals surface area contributed by atoms with Crippen molar-refractivity contribution in [3.63, 3.8) is 0 Å². The van der Waals surface area contributed by atoms with E-state index in [-0.39, 0.29) is 6.42 Å². The van der Waals surface area contributed by atoms with Crippen molar-refractivity contribution in [2.24, 2.45) is 0 Å². The Hall–Kier alpha value is -0.290. The summed E-state index contributed by atoms with van der Waals surface area (Å²) in [6, 6.07) is 0. The highest BCUT2D eigenvalue weighted by molar-refractivity contribution is 4.70. The number of aliphatic hydroxyl groups excluding tert-OH is 1. The molecule has 0 aliphatic carbocycles. The topological polar surface area (TPSA) is 29.5 Å². The van der Waals surface area contributed by atoms with E-state index in [0.717, 1.165) is 0 Å². The summed E-state index contributed by atoms with van der Waals surface area (Å²) in [5.41, 5.74) is 0. The second-order valence-corrected chi connectivity index (χ2v) is 2.78. The van der Waals surface area contributed by atoms with Gasteiger partial charge in [0.05, 0.1) is 6.10 Å². The third-order valence-corrected chi connectivity index (χ3v) is 1.72. The van der Waals surface area contributed by atoms with Crippen LogP contribution in [0.15, 0.2) is 0 Å². The number of hydrogen-bond acceptors (Lipinski definition) is 2. The number of rotatable bonds is 5. The zero-order valence-corrected chi connectivity index (χ0v) is 7.77. The SMILES string of the molecule is CCOC(CC)C[C@@H](O)C(F)(F)F. The van der Waals surface area contributed by atoms with Gasteiger partial charge in [0.25, 0.3) is 0 Å². The van der Waals surface area contributed by atoms with Crippen molar-refractivity contribution >= 4 is 0 Å². The highest BCUT2D eigenvalue weighted by Crippen LogP contribution is 2.24. The first-order valence-corrected chi connectivity index (χ1v) is 4.28. The summed E-state index contributed by atoms with van der Waals surface area (Å²) in [6.07, 6.45) is -7.23. The van der Waals surface area contributed by atoms with E-state index in [1.807, 2.05) is 0 Å². The zero-order chi connectivity index (χ0) is 10.5. The van der Waals surface area contributed by atoms with Crippen LogP contribution in [0.25, 0.3) is 0 Å². The molecule has 0 aliphatic rings. The van der Waals surface area contributed by atoms with Crippen LogP contribution in [0, 0.1) is 0 Å². The van der Waals surface area contributed by atoms with Gasteiger partial charge in [-0.2, -0.15) is 13.2 Å². The molecule has 0 aromatic carbocycles. The number of halogens is 3. The summed E-state index contributed by atoms with van der Waals surface area (Å²) >= 11 is 0. The van der Waals surface area contributed by atoms with Crippen molar-refractivity contribution in [3.8, 4) is 0 Å². The second-order valence-electron chi connectivity index (χ2n) is 2.78. The fourth-order valence-electron chi connectivity index (χ4n) is 0.971. The summed E-state index contributed by atoms with van der Waals surface area (Å²) in [7, 11) is 0. The molecule has 2 nitrogen and oxygen atoms in total. The molecule has 2 atom stereocenters. The first-order valence-electron chi connectivity index (χ1n) is 4.28. The lowest BCUT2D eigenvalue weighted by Crippen LogP contribution is -2.33. The van der Waals surface area contributed by atoms with Crippen molar-refractivity contribution in [1.82, 2.24) is 0 Å². The van der Waals surface area contributed by atoms with Crippen LogP contribution < -0.4 is 0 Å². The Bertz CT molecular complexity index is 136. The summed E-state index contributed by atoms with van der Waals surface area (Å²) < 4.78 is 40.6. The number of hydrogen-bond donors (Lipinski definition) is 1. The Morgan fingerprint density at radius 2 is 1.85 bits per heavy atom. The molecule has 13 heavy (non-hydrogen) atoms. The predicted molar refractivity (Wildman–Crippen MR) is 42.4 cm³/mol. The molecule has 5 heteroatoms. The largest absolute Gasteiger partial charge is 0.414 e. The quantitative estimate of drug-likeness (QED) is 0.736. The van der Waals surface area contributed by atoms with Crippen molar-refractivity contribution < 1.29 is 23.0 Å². The third kappa shape index (κ3) is 5.10. The van der Waals surface area contributed by atoms with E-state index in [1.165, 1.54) is 0 Å². The van der Waals surface area contributed by atoms with Gasteiger partial charge in [-0.05, 0) is 13.3 Å². The lowest BCUT2D eigenvalue weighted by atomic mass is 10.1. The van der Waals surface area contributed by atoms with E-state index in [9.17, 15) is 13.2 Å². The van der Waals surface area contributed by atoms with Crippen molar-refractivity contribution in [2.45, 2.75) is 45.1 Å².